The highest BCUT2D eigenvalue weighted by molar-refractivity contribution is 6.69. The first kappa shape index (κ1) is 13.1. The Kier molecular flexibility index (Phi) is 6.53. The average molecular weight is 204 g/mol. The van der Waals surface area contributed by atoms with Crippen LogP contribution in [-0.4, -0.2) is 47.5 Å². The fourth-order valence-corrected chi connectivity index (χ4v) is 4.29. The molecule has 0 amide bonds. The molecule has 0 spiro atoms. The van der Waals surface area contributed by atoms with Crippen molar-refractivity contribution in [2.45, 2.75) is 20.3 Å². The third-order valence-corrected chi connectivity index (χ3v) is 5.97. The first-order chi connectivity index (χ1) is 6.16. The Labute approximate surface area is 83.4 Å². The molecule has 0 aliphatic rings. The molecule has 0 saturated heterocycles. The lowest BCUT2D eigenvalue weighted by atomic mass is 10.5. The molecule has 0 unspecified atom stereocenters. The van der Waals surface area contributed by atoms with E-state index in [0.29, 0.717) is 0 Å². The smallest absolute Gasteiger partial charge is 0.303 e. The molecule has 0 rings (SSSR count). The Hall–Kier alpha value is 0.0569. The van der Waals surface area contributed by atoms with Crippen LogP contribution in [0, 0.1) is 0 Å². The van der Waals surface area contributed by atoms with Crippen molar-refractivity contribution in [3.63, 3.8) is 0 Å². The van der Waals surface area contributed by atoms with Gasteiger partial charge in [-0.25, -0.2) is 0 Å². The summed E-state index contributed by atoms with van der Waals surface area (Å²) in [5, 5.41) is 0. The maximum atomic E-state index is 3.52. The van der Waals surface area contributed by atoms with E-state index < -0.39 is 8.72 Å². The van der Waals surface area contributed by atoms with Crippen LogP contribution in [0.15, 0.2) is 0 Å². The Morgan fingerprint density at radius 3 is 2.00 bits per heavy atom. The van der Waals surface area contributed by atoms with Gasteiger partial charge >= 0.3 is 8.72 Å². The SMILES string of the molecule is CCCN(C)[Si](NC)(NC)NCC. The molecule has 5 heteroatoms. The molecule has 0 fully saturated rings. The summed E-state index contributed by atoms with van der Waals surface area (Å²) in [6.45, 7) is 6.44. The topological polar surface area (TPSA) is 39.3 Å². The molecule has 0 atom stereocenters. The predicted octanol–water partition coefficient (Wildman–Crippen LogP) is -0.188. The second-order valence-corrected chi connectivity index (χ2v) is 6.70. The third-order valence-electron chi connectivity index (χ3n) is 2.29. The van der Waals surface area contributed by atoms with Gasteiger partial charge in [-0.05, 0) is 40.7 Å². The molecular formula is C8H24N4Si. The van der Waals surface area contributed by atoms with Crippen molar-refractivity contribution in [1.82, 2.24) is 19.5 Å². The standard InChI is InChI=1S/C8H24N4Si/c1-6-8-12(5)13(9-3,10-4)11-7-2/h9-11H,6-8H2,1-5H3. The van der Waals surface area contributed by atoms with Gasteiger partial charge in [0, 0.05) is 0 Å². The van der Waals surface area contributed by atoms with Gasteiger partial charge in [0.05, 0.1) is 0 Å². The highest BCUT2D eigenvalue weighted by atomic mass is 28.4. The van der Waals surface area contributed by atoms with Gasteiger partial charge in [0.2, 0.25) is 0 Å². The lowest BCUT2D eigenvalue weighted by Gasteiger charge is -2.38. The van der Waals surface area contributed by atoms with E-state index in [9.17, 15) is 0 Å². The van der Waals surface area contributed by atoms with Crippen LogP contribution >= 0.6 is 0 Å². The van der Waals surface area contributed by atoms with Gasteiger partial charge in [-0.3, -0.25) is 4.57 Å². The molecule has 0 aromatic carbocycles. The number of nitrogens with zero attached hydrogens (tertiary/aromatic N) is 1. The summed E-state index contributed by atoms with van der Waals surface area (Å²) in [7, 11) is 4.40. The molecule has 0 saturated carbocycles. The van der Waals surface area contributed by atoms with E-state index in [1.54, 1.807) is 0 Å². The number of hydrogen-bond donors (Lipinski definition) is 3. The highest BCUT2D eigenvalue weighted by Crippen LogP contribution is 1.96. The average Bonchev–Trinajstić information content (AvgIpc) is 2.14. The molecular weight excluding hydrogens is 180 g/mol. The fourth-order valence-electron chi connectivity index (χ4n) is 1.58. The Balaban J connectivity index is 4.33. The van der Waals surface area contributed by atoms with E-state index in [1.807, 2.05) is 14.1 Å². The highest BCUT2D eigenvalue weighted by Gasteiger charge is 2.35. The lowest BCUT2D eigenvalue weighted by Crippen LogP contribution is -2.79. The summed E-state index contributed by atoms with van der Waals surface area (Å²) >= 11 is 0. The van der Waals surface area contributed by atoms with Crippen LogP contribution in [0.3, 0.4) is 0 Å². The Morgan fingerprint density at radius 1 is 1.15 bits per heavy atom. The van der Waals surface area contributed by atoms with Crippen molar-refractivity contribution < 1.29 is 0 Å². The maximum Gasteiger partial charge on any atom is 0.368 e. The quantitative estimate of drug-likeness (QED) is 0.503. The first-order valence-electron chi connectivity index (χ1n) is 5.00. The zero-order valence-electron chi connectivity index (χ0n) is 9.57. The van der Waals surface area contributed by atoms with Gasteiger partial charge in [0.25, 0.3) is 0 Å². The summed E-state index contributed by atoms with van der Waals surface area (Å²) in [6.07, 6.45) is 1.18. The zero-order valence-corrected chi connectivity index (χ0v) is 10.6. The van der Waals surface area contributed by atoms with Crippen molar-refractivity contribution in [2.24, 2.45) is 0 Å². The Morgan fingerprint density at radius 2 is 1.69 bits per heavy atom. The number of rotatable bonds is 7. The Bertz CT molecular complexity index is 127. The second kappa shape index (κ2) is 6.50. The fraction of sp³-hybridized carbons (Fsp3) is 1.00. The molecule has 13 heavy (non-hydrogen) atoms. The molecule has 80 valence electrons. The van der Waals surface area contributed by atoms with Crippen molar-refractivity contribution in [3.05, 3.63) is 0 Å². The molecule has 0 aliphatic carbocycles. The van der Waals surface area contributed by atoms with Crippen molar-refractivity contribution in [2.75, 3.05) is 34.2 Å². The van der Waals surface area contributed by atoms with Gasteiger partial charge in [-0.15, -0.1) is 0 Å². The van der Waals surface area contributed by atoms with Gasteiger partial charge < -0.3 is 14.9 Å². The van der Waals surface area contributed by atoms with Crippen molar-refractivity contribution in [1.29, 1.82) is 0 Å². The normalized spacial score (nSPS) is 12.5. The van der Waals surface area contributed by atoms with Crippen LogP contribution in [0.1, 0.15) is 20.3 Å². The molecule has 0 aromatic rings. The first-order valence-corrected chi connectivity index (χ1v) is 6.95. The van der Waals surface area contributed by atoms with Crippen LogP contribution in [0.2, 0.25) is 0 Å². The van der Waals surface area contributed by atoms with E-state index in [4.69, 9.17) is 0 Å². The summed E-state index contributed by atoms with van der Waals surface area (Å²) < 4.78 is 2.37. The second-order valence-electron chi connectivity index (χ2n) is 3.16. The minimum Gasteiger partial charge on any atom is -0.303 e. The minimum absolute atomic E-state index is 0.988. The molecule has 4 nitrogen and oxygen atoms in total. The largest absolute Gasteiger partial charge is 0.368 e. The van der Waals surface area contributed by atoms with E-state index in [-0.39, 0.29) is 0 Å². The van der Waals surface area contributed by atoms with Crippen molar-refractivity contribution in [3.8, 4) is 0 Å². The minimum atomic E-state index is -1.78. The summed E-state index contributed by atoms with van der Waals surface area (Å²) in [5.74, 6) is 0. The van der Waals surface area contributed by atoms with Gasteiger partial charge in [-0.1, -0.05) is 13.8 Å². The van der Waals surface area contributed by atoms with Crippen molar-refractivity contribution >= 4 is 8.72 Å². The molecule has 0 heterocycles. The summed E-state index contributed by atoms with van der Waals surface area (Å²) in [6, 6.07) is 0. The summed E-state index contributed by atoms with van der Waals surface area (Å²) in [5.41, 5.74) is 0. The van der Waals surface area contributed by atoms with Gasteiger partial charge in [-0.2, -0.15) is 0 Å². The van der Waals surface area contributed by atoms with Crippen LogP contribution in [0.4, 0.5) is 0 Å². The molecule has 3 N–H and O–H groups in total. The van der Waals surface area contributed by atoms with Gasteiger partial charge in [0.15, 0.2) is 0 Å². The van der Waals surface area contributed by atoms with E-state index in [1.165, 1.54) is 6.42 Å². The zero-order chi connectivity index (χ0) is 10.3. The predicted molar refractivity (Wildman–Crippen MR) is 60.5 cm³/mol. The van der Waals surface area contributed by atoms with E-state index >= 15 is 0 Å². The molecule has 0 radical (unpaired) electrons. The lowest BCUT2D eigenvalue weighted by molar-refractivity contribution is 0.455. The molecule has 0 aromatic heterocycles. The molecule has 0 aliphatic heterocycles. The number of hydrogen-bond acceptors (Lipinski definition) is 4. The van der Waals surface area contributed by atoms with E-state index in [2.05, 4.69) is 40.4 Å². The van der Waals surface area contributed by atoms with Crippen LogP contribution in [0.25, 0.3) is 0 Å². The summed E-state index contributed by atoms with van der Waals surface area (Å²) in [4.78, 5) is 10.3. The van der Waals surface area contributed by atoms with Gasteiger partial charge in [0.1, 0.15) is 0 Å². The molecule has 0 bridgehead atoms. The maximum absolute atomic E-state index is 3.52. The monoisotopic (exact) mass is 204 g/mol. The number of nitrogens with one attached hydrogen (secondary N) is 3. The van der Waals surface area contributed by atoms with E-state index in [0.717, 1.165) is 13.1 Å². The van der Waals surface area contributed by atoms with Crippen LogP contribution in [-0.2, 0) is 0 Å². The van der Waals surface area contributed by atoms with Crippen LogP contribution in [0.5, 0.6) is 0 Å². The van der Waals surface area contributed by atoms with Crippen LogP contribution < -0.4 is 14.9 Å². The third kappa shape index (κ3) is 3.36.